The highest BCUT2D eigenvalue weighted by molar-refractivity contribution is 8.01. The van der Waals surface area contributed by atoms with Crippen molar-refractivity contribution < 1.29 is 27.6 Å². The number of rotatable bonds is 2. The summed E-state index contributed by atoms with van der Waals surface area (Å²) < 4.78 is 38.7. The molecule has 2 fully saturated rings. The van der Waals surface area contributed by atoms with Gasteiger partial charge in [-0.15, -0.1) is 11.8 Å². The molecule has 4 amide bonds. The Balaban J connectivity index is 1.81. The normalized spacial score (nSPS) is 26.4. The zero-order valence-electron chi connectivity index (χ0n) is 14.8. The van der Waals surface area contributed by atoms with E-state index in [1.54, 1.807) is 20.8 Å². The summed E-state index contributed by atoms with van der Waals surface area (Å²) in [6.07, 6.45) is -4.49. The van der Waals surface area contributed by atoms with E-state index in [1.807, 2.05) is 0 Å². The van der Waals surface area contributed by atoms with Gasteiger partial charge in [0.15, 0.2) is 0 Å². The zero-order valence-corrected chi connectivity index (χ0v) is 15.6. The van der Waals surface area contributed by atoms with Gasteiger partial charge >= 0.3 is 12.2 Å². The van der Waals surface area contributed by atoms with Crippen LogP contribution in [0.1, 0.15) is 37.3 Å². The minimum absolute atomic E-state index is 0.273. The predicted octanol–water partition coefficient (Wildman–Crippen LogP) is 2.65. The molecule has 6 nitrogen and oxygen atoms in total. The van der Waals surface area contributed by atoms with E-state index in [4.69, 9.17) is 0 Å². The van der Waals surface area contributed by atoms with Crippen LogP contribution in [-0.4, -0.2) is 39.6 Å². The molecule has 3 atom stereocenters. The summed E-state index contributed by atoms with van der Waals surface area (Å²) in [7, 11) is 0. The van der Waals surface area contributed by atoms with Crippen molar-refractivity contribution in [2.75, 3.05) is 0 Å². The average molecular weight is 401 g/mol. The van der Waals surface area contributed by atoms with E-state index in [2.05, 4.69) is 10.6 Å². The van der Waals surface area contributed by atoms with Crippen molar-refractivity contribution >= 4 is 29.6 Å². The molecule has 2 aliphatic rings. The van der Waals surface area contributed by atoms with Gasteiger partial charge in [-0.3, -0.25) is 14.5 Å². The number of nitrogens with one attached hydrogen (secondary N) is 2. The molecule has 3 rings (SSSR count). The SMILES string of the molecule is CC(C)(C)N1C(=O)NC(C2SC(c3cccc(C(F)(F)F)c3)NC2=O)C1=O. The van der Waals surface area contributed by atoms with E-state index in [0.29, 0.717) is 0 Å². The maximum atomic E-state index is 12.9. The Morgan fingerprint density at radius 1 is 1.07 bits per heavy atom. The molecular weight excluding hydrogens is 383 g/mol. The number of halogens is 3. The van der Waals surface area contributed by atoms with Gasteiger partial charge in [-0.2, -0.15) is 13.2 Å². The highest BCUT2D eigenvalue weighted by Crippen LogP contribution is 2.40. The van der Waals surface area contributed by atoms with E-state index < -0.39 is 51.8 Å². The third kappa shape index (κ3) is 3.62. The molecule has 0 spiro atoms. The van der Waals surface area contributed by atoms with Crippen molar-refractivity contribution in [3.8, 4) is 0 Å². The van der Waals surface area contributed by atoms with Gasteiger partial charge in [0.2, 0.25) is 5.91 Å². The number of thioether (sulfide) groups is 1. The third-order valence-electron chi connectivity index (χ3n) is 4.27. The molecule has 3 unspecified atom stereocenters. The minimum Gasteiger partial charge on any atom is -0.339 e. The number of amides is 4. The van der Waals surface area contributed by atoms with Crippen LogP contribution in [0.4, 0.5) is 18.0 Å². The van der Waals surface area contributed by atoms with E-state index in [-0.39, 0.29) is 5.56 Å². The molecule has 0 aromatic heterocycles. The fourth-order valence-corrected chi connectivity index (χ4v) is 4.38. The van der Waals surface area contributed by atoms with Gasteiger partial charge in [-0.1, -0.05) is 12.1 Å². The van der Waals surface area contributed by atoms with Gasteiger partial charge in [0.05, 0.1) is 5.56 Å². The number of benzene rings is 1. The minimum atomic E-state index is -4.49. The zero-order chi connectivity index (χ0) is 20.1. The Morgan fingerprint density at radius 2 is 1.74 bits per heavy atom. The molecule has 146 valence electrons. The molecule has 2 saturated heterocycles. The monoisotopic (exact) mass is 401 g/mol. The van der Waals surface area contributed by atoms with E-state index in [0.717, 1.165) is 28.8 Å². The maximum absolute atomic E-state index is 12.9. The van der Waals surface area contributed by atoms with E-state index in [9.17, 15) is 27.6 Å². The lowest BCUT2D eigenvalue weighted by Crippen LogP contribution is -2.47. The van der Waals surface area contributed by atoms with E-state index >= 15 is 0 Å². The van der Waals surface area contributed by atoms with Crippen molar-refractivity contribution in [3.63, 3.8) is 0 Å². The van der Waals surface area contributed by atoms with Gasteiger partial charge in [0, 0.05) is 5.54 Å². The smallest absolute Gasteiger partial charge is 0.339 e. The molecule has 27 heavy (non-hydrogen) atoms. The molecule has 0 aliphatic carbocycles. The molecule has 2 N–H and O–H groups in total. The van der Waals surface area contributed by atoms with Gasteiger partial charge in [-0.05, 0) is 38.5 Å². The summed E-state index contributed by atoms with van der Waals surface area (Å²) in [6, 6.07) is 3.01. The van der Waals surface area contributed by atoms with Crippen LogP contribution in [0.15, 0.2) is 24.3 Å². The fourth-order valence-electron chi connectivity index (χ4n) is 3.06. The van der Waals surface area contributed by atoms with Crippen LogP contribution in [0.3, 0.4) is 0 Å². The Kier molecular flexibility index (Phi) is 4.65. The first-order valence-corrected chi connectivity index (χ1v) is 9.11. The van der Waals surface area contributed by atoms with Crippen molar-refractivity contribution in [2.45, 2.75) is 49.2 Å². The van der Waals surface area contributed by atoms with Gasteiger partial charge in [0.1, 0.15) is 16.7 Å². The summed E-state index contributed by atoms with van der Waals surface area (Å²) in [5, 5.41) is 3.45. The first-order valence-electron chi connectivity index (χ1n) is 8.17. The van der Waals surface area contributed by atoms with Crippen LogP contribution in [0.2, 0.25) is 0 Å². The van der Waals surface area contributed by atoms with Crippen molar-refractivity contribution in [3.05, 3.63) is 35.4 Å². The second-order valence-electron chi connectivity index (χ2n) is 7.34. The second kappa shape index (κ2) is 6.43. The van der Waals surface area contributed by atoms with Crippen LogP contribution in [0.5, 0.6) is 0 Å². The van der Waals surface area contributed by atoms with Gasteiger partial charge < -0.3 is 10.6 Å². The number of alkyl halides is 3. The highest BCUT2D eigenvalue weighted by Gasteiger charge is 2.52. The number of carbonyl (C=O) groups is 3. The average Bonchev–Trinajstić information content (AvgIpc) is 3.05. The Labute approximate surface area is 157 Å². The molecule has 1 aromatic carbocycles. The number of carbonyl (C=O) groups excluding carboxylic acids is 3. The summed E-state index contributed by atoms with van der Waals surface area (Å²) in [5.74, 6) is -1.03. The molecule has 0 bridgehead atoms. The highest BCUT2D eigenvalue weighted by atomic mass is 32.2. The summed E-state index contributed by atoms with van der Waals surface area (Å²) in [6.45, 7) is 5.08. The standard InChI is InChI=1S/C17H18F3N3O3S/c1-16(2,3)23-14(25)10(21-15(23)26)11-12(24)22-13(27-11)8-5-4-6-9(7-8)17(18,19)20/h4-7,10-11,13H,1-3H3,(H,21,26)(H,22,24). The van der Waals surface area contributed by atoms with Crippen molar-refractivity contribution in [1.29, 1.82) is 0 Å². The van der Waals surface area contributed by atoms with Crippen LogP contribution < -0.4 is 10.6 Å². The number of nitrogens with zero attached hydrogens (tertiary/aromatic N) is 1. The molecule has 0 radical (unpaired) electrons. The summed E-state index contributed by atoms with van der Waals surface area (Å²) >= 11 is 1.02. The van der Waals surface area contributed by atoms with Crippen LogP contribution in [-0.2, 0) is 15.8 Å². The Bertz CT molecular complexity index is 807. The Hall–Kier alpha value is -2.23. The second-order valence-corrected chi connectivity index (χ2v) is 8.59. The lowest BCUT2D eigenvalue weighted by atomic mass is 10.1. The molecule has 2 aliphatic heterocycles. The van der Waals surface area contributed by atoms with Crippen molar-refractivity contribution in [2.24, 2.45) is 0 Å². The molecule has 2 heterocycles. The number of hydrogen-bond acceptors (Lipinski definition) is 4. The van der Waals surface area contributed by atoms with Gasteiger partial charge in [-0.25, -0.2) is 4.79 Å². The maximum Gasteiger partial charge on any atom is 0.416 e. The lowest BCUT2D eigenvalue weighted by molar-refractivity contribution is -0.137. The molecular formula is C17H18F3N3O3S. The largest absolute Gasteiger partial charge is 0.416 e. The predicted molar refractivity (Wildman–Crippen MR) is 92.6 cm³/mol. The molecule has 1 aromatic rings. The third-order valence-corrected chi connectivity index (χ3v) is 5.71. The summed E-state index contributed by atoms with van der Waals surface area (Å²) in [4.78, 5) is 38.2. The Morgan fingerprint density at radius 3 is 2.30 bits per heavy atom. The molecule has 0 saturated carbocycles. The number of hydrogen-bond donors (Lipinski definition) is 2. The quantitative estimate of drug-likeness (QED) is 0.747. The topological polar surface area (TPSA) is 78.5 Å². The lowest BCUT2D eigenvalue weighted by Gasteiger charge is -2.28. The van der Waals surface area contributed by atoms with Crippen LogP contribution in [0, 0.1) is 0 Å². The fraction of sp³-hybridized carbons (Fsp3) is 0.471. The first-order chi connectivity index (χ1) is 12.4. The van der Waals surface area contributed by atoms with Crippen LogP contribution in [0.25, 0.3) is 0 Å². The van der Waals surface area contributed by atoms with Gasteiger partial charge in [0.25, 0.3) is 5.91 Å². The number of imide groups is 1. The van der Waals surface area contributed by atoms with Crippen molar-refractivity contribution in [1.82, 2.24) is 15.5 Å². The van der Waals surface area contributed by atoms with E-state index in [1.165, 1.54) is 12.1 Å². The first kappa shape index (κ1) is 19.5. The van der Waals surface area contributed by atoms with Crippen LogP contribution >= 0.6 is 11.8 Å². The summed E-state index contributed by atoms with van der Waals surface area (Å²) in [5.41, 5.74) is -1.30. The molecule has 10 heteroatoms. The number of urea groups is 1.